The molecule has 0 spiro atoms. The zero-order valence-electron chi connectivity index (χ0n) is 8.95. The van der Waals surface area contributed by atoms with E-state index < -0.39 is 11.6 Å². The Morgan fingerprint density at radius 1 is 1.12 bits per heavy atom. The third-order valence-corrected chi connectivity index (χ3v) is 2.86. The number of hydrogen-bond acceptors (Lipinski definition) is 4. The van der Waals surface area contributed by atoms with Gasteiger partial charge in [0.05, 0.1) is 0 Å². The second-order valence-electron chi connectivity index (χ2n) is 3.36. The molecule has 0 saturated heterocycles. The summed E-state index contributed by atoms with van der Waals surface area (Å²) in [7, 11) is 0. The molecule has 0 radical (unpaired) electrons. The molecule has 0 saturated carbocycles. The lowest BCUT2D eigenvalue weighted by molar-refractivity contribution is 0.506. The lowest BCUT2D eigenvalue weighted by Crippen LogP contribution is -1.96. The molecule has 0 atom stereocenters. The molecular formula is C11H9F2N3S. The second-order valence-corrected chi connectivity index (χ2v) is 4.45. The summed E-state index contributed by atoms with van der Waals surface area (Å²) in [4.78, 5) is 8.62. The van der Waals surface area contributed by atoms with Gasteiger partial charge in [-0.15, -0.1) is 0 Å². The number of nitrogens with zero attached hydrogens (tertiary/aromatic N) is 2. The van der Waals surface area contributed by atoms with Crippen molar-refractivity contribution in [2.75, 3.05) is 5.73 Å². The highest BCUT2D eigenvalue weighted by molar-refractivity contribution is 7.99. The molecule has 0 aliphatic carbocycles. The lowest BCUT2D eigenvalue weighted by atomic mass is 10.3. The van der Waals surface area contributed by atoms with E-state index in [4.69, 9.17) is 5.73 Å². The molecule has 2 rings (SSSR count). The summed E-state index contributed by atoms with van der Waals surface area (Å²) >= 11 is 1.20. The maximum atomic E-state index is 13.0. The molecule has 3 nitrogen and oxygen atoms in total. The third kappa shape index (κ3) is 2.91. The Morgan fingerprint density at radius 2 is 1.88 bits per heavy atom. The maximum absolute atomic E-state index is 13.0. The summed E-state index contributed by atoms with van der Waals surface area (Å²) < 4.78 is 25.7. The number of aryl methyl sites for hydroxylation is 1. The van der Waals surface area contributed by atoms with Gasteiger partial charge in [-0.05, 0) is 25.1 Å². The molecule has 6 heteroatoms. The van der Waals surface area contributed by atoms with Crippen molar-refractivity contribution in [3.63, 3.8) is 0 Å². The van der Waals surface area contributed by atoms with Crippen molar-refractivity contribution in [3.8, 4) is 0 Å². The summed E-state index contributed by atoms with van der Waals surface area (Å²) in [6, 6.07) is 5.26. The number of halogens is 2. The first-order valence-corrected chi connectivity index (χ1v) is 5.60. The summed E-state index contributed by atoms with van der Waals surface area (Å²) in [5.41, 5.74) is 5.57. The largest absolute Gasteiger partial charge is 0.384 e. The molecular weight excluding hydrogens is 244 g/mol. The molecule has 2 aromatic rings. The molecule has 0 amide bonds. The molecule has 88 valence electrons. The van der Waals surface area contributed by atoms with E-state index >= 15 is 0 Å². The fraction of sp³-hybridized carbons (Fsp3) is 0.0909. The molecule has 17 heavy (non-hydrogen) atoms. The maximum Gasteiger partial charge on any atom is 0.159 e. The Hall–Kier alpha value is -1.69. The van der Waals surface area contributed by atoms with Crippen LogP contribution in [0.3, 0.4) is 0 Å². The van der Waals surface area contributed by atoms with E-state index in [1.807, 2.05) is 0 Å². The van der Waals surface area contributed by atoms with Crippen molar-refractivity contribution in [2.45, 2.75) is 16.8 Å². The minimum absolute atomic E-state index is 0.350. The van der Waals surface area contributed by atoms with Gasteiger partial charge in [-0.2, -0.15) is 0 Å². The number of aromatic nitrogens is 2. The van der Waals surface area contributed by atoms with Gasteiger partial charge in [-0.25, -0.2) is 18.7 Å². The van der Waals surface area contributed by atoms with E-state index in [2.05, 4.69) is 9.97 Å². The Balaban J connectivity index is 2.28. The van der Waals surface area contributed by atoms with Crippen molar-refractivity contribution < 1.29 is 8.78 Å². The highest BCUT2D eigenvalue weighted by atomic mass is 32.2. The standard InChI is InChI=1S/C11H9F2N3S/c1-6-15-10(14)5-11(16-6)17-7-2-3-8(12)9(13)4-7/h2-5H,1H3,(H2,14,15,16). The first kappa shape index (κ1) is 11.8. The van der Waals surface area contributed by atoms with Crippen LogP contribution in [-0.4, -0.2) is 9.97 Å². The van der Waals surface area contributed by atoms with E-state index in [9.17, 15) is 8.78 Å². The molecule has 1 heterocycles. The van der Waals surface area contributed by atoms with Gasteiger partial charge in [0.25, 0.3) is 0 Å². The van der Waals surface area contributed by atoms with Gasteiger partial charge in [0, 0.05) is 11.0 Å². The predicted molar refractivity (Wildman–Crippen MR) is 61.7 cm³/mol. The van der Waals surface area contributed by atoms with Crippen LogP contribution in [0.15, 0.2) is 34.2 Å². The van der Waals surface area contributed by atoms with Gasteiger partial charge < -0.3 is 5.73 Å². The summed E-state index contributed by atoms with van der Waals surface area (Å²) in [6.45, 7) is 1.71. The van der Waals surface area contributed by atoms with Gasteiger partial charge >= 0.3 is 0 Å². The molecule has 0 bridgehead atoms. The van der Waals surface area contributed by atoms with Crippen molar-refractivity contribution >= 4 is 17.6 Å². The highest BCUT2D eigenvalue weighted by Gasteiger charge is 2.06. The zero-order valence-corrected chi connectivity index (χ0v) is 9.76. The van der Waals surface area contributed by atoms with E-state index in [1.54, 1.807) is 13.0 Å². The minimum Gasteiger partial charge on any atom is -0.384 e. The zero-order chi connectivity index (χ0) is 12.4. The molecule has 0 unspecified atom stereocenters. The predicted octanol–water partition coefficient (Wildman–Crippen LogP) is 2.80. The fourth-order valence-corrected chi connectivity index (χ4v) is 2.17. The van der Waals surface area contributed by atoms with Gasteiger partial charge in [-0.1, -0.05) is 11.8 Å². The quantitative estimate of drug-likeness (QED) is 0.836. The monoisotopic (exact) mass is 253 g/mol. The number of rotatable bonds is 2. The van der Waals surface area contributed by atoms with Gasteiger partial charge in [0.2, 0.25) is 0 Å². The molecule has 2 N–H and O–H groups in total. The van der Waals surface area contributed by atoms with Crippen LogP contribution in [-0.2, 0) is 0 Å². The van der Waals surface area contributed by atoms with Crippen LogP contribution in [0.2, 0.25) is 0 Å². The number of benzene rings is 1. The topological polar surface area (TPSA) is 51.8 Å². The van der Waals surface area contributed by atoms with Crippen molar-refractivity contribution in [3.05, 3.63) is 41.7 Å². The van der Waals surface area contributed by atoms with Crippen LogP contribution in [0.25, 0.3) is 0 Å². The Kier molecular flexibility index (Phi) is 3.23. The lowest BCUT2D eigenvalue weighted by Gasteiger charge is -2.03. The SMILES string of the molecule is Cc1nc(N)cc(Sc2ccc(F)c(F)c2)n1. The minimum atomic E-state index is -0.881. The van der Waals surface area contributed by atoms with Crippen LogP contribution < -0.4 is 5.73 Å². The number of nitrogen functional groups attached to an aromatic ring is 1. The van der Waals surface area contributed by atoms with Crippen LogP contribution in [0.5, 0.6) is 0 Å². The van der Waals surface area contributed by atoms with Crippen LogP contribution in [0.1, 0.15) is 5.82 Å². The highest BCUT2D eigenvalue weighted by Crippen LogP contribution is 2.27. The first-order chi connectivity index (χ1) is 8.04. The number of hydrogen-bond donors (Lipinski definition) is 1. The summed E-state index contributed by atoms with van der Waals surface area (Å²) in [5.74, 6) is -0.862. The van der Waals surface area contributed by atoms with Crippen LogP contribution >= 0.6 is 11.8 Å². The van der Waals surface area contributed by atoms with E-state index in [0.717, 1.165) is 12.1 Å². The van der Waals surface area contributed by atoms with Gasteiger partial charge in [-0.3, -0.25) is 0 Å². The van der Waals surface area contributed by atoms with Crippen LogP contribution in [0, 0.1) is 18.6 Å². The third-order valence-electron chi connectivity index (χ3n) is 1.95. The van der Waals surface area contributed by atoms with E-state index in [-0.39, 0.29) is 0 Å². The van der Waals surface area contributed by atoms with E-state index in [1.165, 1.54) is 17.8 Å². The molecule has 1 aromatic heterocycles. The van der Waals surface area contributed by atoms with Crippen molar-refractivity contribution in [2.24, 2.45) is 0 Å². The van der Waals surface area contributed by atoms with Gasteiger partial charge in [0.15, 0.2) is 11.6 Å². The Bertz CT molecular complexity index is 540. The van der Waals surface area contributed by atoms with E-state index in [0.29, 0.717) is 21.6 Å². The summed E-state index contributed by atoms with van der Waals surface area (Å²) in [5, 5.41) is 0.598. The average Bonchev–Trinajstić information content (AvgIpc) is 2.22. The summed E-state index contributed by atoms with van der Waals surface area (Å²) in [6.07, 6.45) is 0. The normalized spacial score (nSPS) is 10.5. The number of nitrogens with two attached hydrogens (primary N) is 1. The molecule has 0 aliphatic heterocycles. The molecule has 0 aliphatic rings. The van der Waals surface area contributed by atoms with Crippen molar-refractivity contribution in [1.82, 2.24) is 9.97 Å². The second kappa shape index (κ2) is 4.67. The average molecular weight is 253 g/mol. The number of anilines is 1. The smallest absolute Gasteiger partial charge is 0.159 e. The van der Waals surface area contributed by atoms with Crippen molar-refractivity contribution in [1.29, 1.82) is 0 Å². The molecule has 1 aromatic carbocycles. The Labute approximate surface area is 101 Å². The molecule has 0 fully saturated rings. The fourth-order valence-electron chi connectivity index (χ4n) is 1.28. The van der Waals surface area contributed by atoms with Gasteiger partial charge in [0.1, 0.15) is 16.7 Å². The van der Waals surface area contributed by atoms with Crippen LogP contribution in [0.4, 0.5) is 14.6 Å². The Morgan fingerprint density at radius 3 is 2.53 bits per heavy atom. The first-order valence-electron chi connectivity index (χ1n) is 4.78.